The largest absolute Gasteiger partial charge is 0.504 e. The van der Waals surface area contributed by atoms with Gasteiger partial charge >= 0.3 is 0 Å². The fourth-order valence-electron chi connectivity index (χ4n) is 5.57. The maximum atomic E-state index is 13.4. The lowest BCUT2D eigenvalue weighted by molar-refractivity contribution is -0.157. The van der Waals surface area contributed by atoms with Crippen molar-refractivity contribution in [1.82, 2.24) is 14.4 Å². The summed E-state index contributed by atoms with van der Waals surface area (Å²) in [5.41, 5.74) is 4.53. The molecule has 0 unspecified atom stereocenters. The highest BCUT2D eigenvalue weighted by atomic mass is 16.3. The van der Waals surface area contributed by atoms with Crippen molar-refractivity contribution in [3.63, 3.8) is 0 Å². The number of phenols is 2. The number of piperazine rings is 1. The molecule has 0 saturated carbocycles. The third kappa shape index (κ3) is 3.34. The van der Waals surface area contributed by atoms with Gasteiger partial charge in [-0.15, -0.1) is 0 Å². The lowest BCUT2D eigenvalue weighted by Gasteiger charge is -2.47. The molecule has 0 radical (unpaired) electrons. The number of aromatic nitrogens is 1. The van der Waals surface area contributed by atoms with Crippen LogP contribution in [0.2, 0.25) is 0 Å². The van der Waals surface area contributed by atoms with E-state index >= 15 is 0 Å². The summed E-state index contributed by atoms with van der Waals surface area (Å²) >= 11 is 0. The van der Waals surface area contributed by atoms with Gasteiger partial charge in [0.05, 0.1) is 12.6 Å². The van der Waals surface area contributed by atoms with E-state index in [1.165, 1.54) is 17.0 Å². The Bertz CT molecular complexity index is 1480. The minimum Gasteiger partial charge on any atom is -0.504 e. The summed E-state index contributed by atoms with van der Waals surface area (Å²) in [5, 5.41) is 21.6. The Morgan fingerprint density at radius 2 is 1.63 bits per heavy atom. The third-order valence-electron chi connectivity index (χ3n) is 7.19. The van der Waals surface area contributed by atoms with Crippen molar-refractivity contribution >= 4 is 22.7 Å². The van der Waals surface area contributed by atoms with Crippen molar-refractivity contribution in [2.45, 2.75) is 25.0 Å². The molecular formula is C28H25N3O4. The highest BCUT2D eigenvalue weighted by Gasteiger charge is 2.47. The average Bonchev–Trinajstić information content (AvgIpc) is 3.21. The first kappa shape index (κ1) is 21.3. The average molecular weight is 468 g/mol. The monoisotopic (exact) mass is 467 g/mol. The number of fused-ring (bicyclic) bond motifs is 3. The van der Waals surface area contributed by atoms with Crippen LogP contribution in [0.4, 0.5) is 0 Å². The molecule has 4 aromatic rings. The van der Waals surface area contributed by atoms with Crippen LogP contribution in [0.5, 0.6) is 11.5 Å². The third-order valence-corrected chi connectivity index (χ3v) is 7.19. The molecule has 7 heteroatoms. The normalized spacial score (nSPS) is 19.7. The number of carbonyl (C=O) groups is 2. The zero-order chi connectivity index (χ0) is 24.3. The van der Waals surface area contributed by atoms with Crippen LogP contribution in [0.25, 0.3) is 10.9 Å². The van der Waals surface area contributed by atoms with E-state index in [-0.39, 0.29) is 36.3 Å². The predicted octanol–water partition coefficient (Wildman–Crippen LogP) is 3.42. The number of nitrogens with zero attached hydrogens (tertiary/aromatic N) is 3. The quantitative estimate of drug-likeness (QED) is 0.452. The molecule has 2 amide bonds. The Labute approximate surface area is 202 Å². The van der Waals surface area contributed by atoms with Gasteiger partial charge in [-0.2, -0.15) is 0 Å². The summed E-state index contributed by atoms with van der Waals surface area (Å²) in [7, 11) is 1.64. The molecule has 2 aliphatic rings. The van der Waals surface area contributed by atoms with Gasteiger partial charge in [-0.3, -0.25) is 9.59 Å². The molecule has 2 N–H and O–H groups in total. The number of rotatable bonds is 3. The van der Waals surface area contributed by atoms with Gasteiger partial charge < -0.3 is 24.6 Å². The molecule has 3 aromatic carbocycles. The molecule has 35 heavy (non-hydrogen) atoms. The summed E-state index contributed by atoms with van der Waals surface area (Å²) < 4.78 is 2.16. The van der Waals surface area contributed by atoms with Crippen molar-refractivity contribution < 1.29 is 19.8 Å². The van der Waals surface area contributed by atoms with Crippen LogP contribution in [0.15, 0.2) is 72.9 Å². The second-order valence-electron chi connectivity index (χ2n) is 9.37. The van der Waals surface area contributed by atoms with Crippen LogP contribution >= 0.6 is 0 Å². The van der Waals surface area contributed by atoms with E-state index in [0.29, 0.717) is 6.54 Å². The van der Waals surface area contributed by atoms with Gasteiger partial charge in [-0.1, -0.05) is 48.5 Å². The fourth-order valence-corrected chi connectivity index (χ4v) is 5.57. The number of hydrogen-bond donors (Lipinski definition) is 2. The van der Waals surface area contributed by atoms with Crippen molar-refractivity contribution in [2.75, 3.05) is 13.6 Å². The standard InChI is InChI=1S/C28H25N3O4/c1-29-16-26(34)31-23(28(29)35)11-18-12-24(32)25(33)13-20(18)27(31)21-15-30(14-17-7-3-2-4-8-17)22-10-6-5-9-19(21)22/h2-10,12-13,15,23,27,32-33H,11,14,16H2,1H3/t23-,27-/m0/s1. The van der Waals surface area contributed by atoms with Crippen molar-refractivity contribution in [1.29, 1.82) is 0 Å². The molecule has 0 bridgehead atoms. The number of aromatic hydroxyl groups is 2. The highest BCUT2D eigenvalue weighted by molar-refractivity contribution is 5.97. The van der Waals surface area contributed by atoms with Gasteiger partial charge in [-0.05, 0) is 34.9 Å². The van der Waals surface area contributed by atoms with E-state index in [1.807, 2.05) is 42.5 Å². The molecule has 6 rings (SSSR count). The highest BCUT2D eigenvalue weighted by Crippen LogP contribution is 2.45. The first-order valence-electron chi connectivity index (χ1n) is 11.6. The smallest absolute Gasteiger partial charge is 0.245 e. The van der Waals surface area contributed by atoms with Gasteiger partial charge in [0.1, 0.15) is 6.04 Å². The van der Waals surface area contributed by atoms with Crippen LogP contribution in [0.1, 0.15) is 28.3 Å². The Morgan fingerprint density at radius 3 is 2.43 bits per heavy atom. The van der Waals surface area contributed by atoms with Crippen molar-refractivity contribution in [3.8, 4) is 11.5 Å². The number of hydrogen-bond acceptors (Lipinski definition) is 4. The number of likely N-dealkylation sites (N-methyl/N-ethyl adjacent to an activating group) is 1. The van der Waals surface area contributed by atoms with Crippen LogP contribution in [-0.4, -0.2) is 56.0 Å². The Hall–Kier alpha value is -4.26. The number of benzene rings is 3. The second-order valence-corrected chi connectivity index (χ2v) is 9.37. The van der Waals surface area contributed by atoms with Crippen molar-refractivity contribution in [3.05, 3.63) is 95.2 Å². The maximum absolute atomic E-state index is 13.4. The summed E-state index contributed by atoms with van der Waals surface area (Å²) in [6.07, 6.45) is 2.34. The van der Waals surface area contributed by atoms with E-state index in [2.05, 4.69) is 22.9 Å². The zero-order valence-corrected chi connectivity index (χ0v) is 19.3. The lowest BCUT2D eigenvalue weighted by atomic mass is 9.82. The van der Waals surface area contributed by atoms with Crippen LogP contribution in [0, 0.1) is 0 Å². The maximum Gasteiger partial charge on any atom is 0.245 e. The number of amides is 2. The molecule has 3 heterocycles. The van der Waals surface area contributed by atoms with E-state index < -0.39 is 12.1 Å². The topological polar surface area (TPSA) is 86.0 Å². The molecule has 2 aliphatic heterocycles. The minimum absolute atomic E-state index is 0.00783. The van der Waals surface area contributed by atoms with E-state index in [4.69, 9.17) is 0 Å². The second kappa shape index (κ2) is 7.91. The van der Waals surface area contributed by atoms with Crippen LogP contribution in [-0.2, 0) is 22.6 Å². The Morgan fingerprint density at radius 1 is 0.914 bits per heavy atom. The number of carbonyl (C=O) groups excluding carboxylic acids is 2. The van der Waals surface area contributed by atoms with Gasteiger partial charge in [-0.25, -0.2) is 0 Å². The van der Waals surface area contributed by atoms with Gasteiger partial charge in [0.25, 0.3) is 0 Å². The van der Waals surface area contributed by atoms with Gasteiger partial charge in [0.2, 0.25) is 11.8 Å². The molecule has 1 saturated heterocycles. The summed E-state index contributed by atoms with van der Waals surface area (Å²) in [5.74, 6) is -0.737. The predicted molar refractivity (Wildman–Crippen MR) is 131 cm³/mol. The Balaban J connectivity index is 1.58. The molecule has 1 aromatic heterocycles. The molecule has 7 nitrogen and oxygen atoms in total. The summed E-state index contributed by atoms with van der Waals surface area (Å²) in [4.78, 5) is 29.7. The van der Waals surface area contributed by atoms with E-state index in [1.54, 1.807) is 11.9 Å². The van der Waals surface area contributed by atoms with Crippen molar-refractivity contribution in [2.24, 2.45) is 0 Å². The molecule has 1 fully saturated rings. The molecule has 176 valence electrons. The van der Waals surface area contributed by atoms with Crippen LogP contribution < -0.4 is 0 Å². The SMILES string of the molecule is CN1CC(=O)N2[C@H](c3cn(Cc4ccccc4)c4ccccc34)c3cc(O)c(O)cc3C[C@H]2C1=O. The molecule has 0 aliphatic carbocycles. The van der Waals surface area contributed by atoms with Gasteiger partial charge in [0.15, 0.2) is 11.5 Å². The Kier molecular flexibility index (Phi) is 4.81. The number of para-hydroxylation sites is 1. The van der Waals surface area contributed by atoms with E-state index in [0.717, 1.165) is 33.2 Å². The molecular weight excluding hydrogens is 442 g/mol. The molecule has 0 spiro atoms. The van der Waals surface area contributed by atoms with Gasteiger partial charge in [0, 0.05) is 42.7 Å². The molecule has 2 atom stereocenters. The minimum atomic E-state index is -0.668. The summed E-state index contributed by atoms with van der Waals surface area (Å²) in [6.45, 7) is 0.661. The van der Waals surface area contributed by atoms with Crippen LogP contribution in [0.3, 0.4) is 0 Å². The first-order valence-corrected chi connectivity index (χ1v) is 11.6. The first-order chi connectivity index (χ1) is 16.9. The number of phenolic OH excluding ortho intramolecular Hbond substituents is 2. The fraction of sp³-hybridized carbons (Fsp3) is 0.214. The zero-order valence-electron chi connectivity index (χ0n) is 19.3. The summed E-state index contributed by atoms with van der Waals surface area (Å²) in [6, 6.07) is 20.0. The lowest BCUT2D eigenvalue weighted by Crippen LogP contribution is -2.62. The van der Waals surface area contributed by atoms with E-state index in [9.17, 15) is 19.8 Å².